The summed E-state index contributed by atoms with van der Waals surface area (Å²) in [5, 5.41) is 1.18. The van der Waals surface area contributed by atoms with Crippen LogP contribution in [0.5, 0.6) is 0 Å². The zero-order valence-corrected chi connectivity index (χ0v) is 14.3. The maximum Gasteiger partial charge on any atom is 0.245 e. The van der Waals surface area contributed by atoms with Gasteiger partial charge >= 0.3 is 0 Å². The molecule has 4 rings (SSSR count). The number of ketones is 1. The van der Waals surface area contributed by atoms with Crippen LogP contribution in [-0.4, -0.2) is 46.9 Å². The van der Waals surface area contributed by atoms with E-state index in [0.717, 1.165) is 6.42 Å². The lowest BCUT2D eigenvalue weighted by Crippen LogP contribution is -2.59. The minimum Gasteiger partial charge on any atom is -0.381 e. The molecule has 6 nitrogen and oxygen atoms in total. The van der Waals surface area contributed by atoms with Gasteiger partial charge in [0.1, 0.15) is 11.2 Å². The molecule has 0 saturated carbocycles. The predicted molar refractivity (Wildman–Crippen MR) is 90.9 cm³/mol. The van der Waals surface area contributed by atoms with Gasteiger partial charge in [-0.3, -0.25) is 19.8 Å². The second-order valence-corrected chi connectivity index (χ2v) is 7.18. The maximum absolute atomic E-state index is 11.8. The number of carbonyl (C=O) groups is 3. The summed E-state index contributed by atoms with van der Waals surface area (Å²) in [6, 6.07) is 8.48. The van der Waals surface area contributed by atoms with E-state index in [1.54, 1.807) is 0 Å². The van der Waals surface area contributed by atoms with Gasteiger partial charge in [0.15, 0.2) is 0 Å². The lowest BCUT2D eigenvalue weighted by molar-refractivity contribution is -0.151. The van der Waals surface area contributed by atoms with Crippen molar-refractivity contribution >= 4 is 29.4 Å². The fraction of sp³-hybridized carbons (Fsp3) is 0.471. The summed E-state index contributed by atoms with van der Waals surface area (Å²) in [7, 11) is 0. The van der Waals surface area contributed by atoms with Gasteiger partial charge in [-0.2, -0.15) is 0 Å². The van der Waals surface area contributed by atoms with Crippen molar-refractivity contribution in [1.82, 2.24) is 10.4 Å². The highest BCUT2D eigenvalue weighted by Crippen LogP contribution is 2.32. The summed E-state index contributed by atoms with van der Waals surface area (Å²) in [6.45, 7) is 2.52. The van der Waals surface area contributed by atoms with Gasteiger partial charge in [-0.05, 0) is 23.6 Å². The molecule has 0 aromatic rings. The van der Waals surface area contributed by atoms with Crippen molar-refractivity contribution in [3.8, 4) is 11.1 Å². The Balaban J connectivity index is 0.000000231. The summed E-state index contributed by atoms with van der Waals surface area (Å²) in [5.41, 5.74) is 5.31. The Morgan fingerprint density at radius 1 is 1.38 bits per heavy atom. The molecule has 4 aliphatic rings. The summed E-state index contributed by atoms with van der Waals surface area (Å²) in [4.78, 5) is 34.0. The first kappa shape index (κ1) is 17.0. The number of hydrazine groups is 1. The minimum atomic E-state index is -0.274. The van der Waals surface area contributed by atoms with Crippen LogP contribution in [0.15, 0.2) is 24.3 Å². The second-order valence-electron chi connectivity index (χ2n) is 6.01. The van der Waals surface area contributed by atoms with Crippen molar-refractivity contribution in [3.05, 3.63) is 24.3 Å². The van der Waals surface area contributed by atoms with E-state index in [4.69, 9.17) is 4.74 Å². The number of hydrogen-bond acceptors (Lipinski definition) is 5. The molecule has 2 atom stereocenters. The summed E-state index contributed by atoms with van der Waals surface area (Å²) < 4.78 is 5.16. The van der Waals surface area contributed by atoms with Crippen LogP contribution in [0.1, 0.15) is 19.8 Å². The van der Waals surface area contributed by atoms with E-state index >= 15 is 0 Å². The van der Waals surface area contributed by atoms with E-state index in [9.17, 15) is 14.4 Å². The van der Waals surface area contributed by atoms with Gasteiger partial charge in [0, 0.05) is 19.4 Å². The number of fused-ring (bicyclic) bond motifs is 1. The fourth-order valence-corrected chi connectivity index (χ4v) is 3.76. The van der Waals surface area contributed by atoms with Crippen LogP contribution in [0.2, 0.25) is 0 Å². The molecule has 0 aromatic heterocycles. The SMILES string of the molecule is CC(=O)NN1C(=O)C[C@H]1SCC(=O)C1CCOC1.c1cc2cc-2c1. The van der Waals surface area contributed by atoms with Gasteiger partial charge < -0.3 is 4.74 Å². The molecule has 0 spiro atoms. The van der Waals surface area contributed by atoms with Crippen molar-refractivity contribution in [1.29, 1.82) is 0 Å². The zero-order chi connectivity index (χ0) is 17.1. The van der Waals surface area contributed by atoms with Crippen LogP contribution < -0.4 is 5.43 Å². The molecule has 0 bridgehead atoms. The number of benzene rings is 1. The molecule has 2 saturated heterocycles. The number of thioether (sulfide) groups is 1. The van der Waals surface area contributed by atoms with Crippen LogP contribution in [0.3, 0.4) is 0 Å². The Hall–Kier alpha value is -1.86. The standard InChI is InChI=1S/C11H16N2O4S.C6H4/c1-7(14)12-13-10(16)4-11(13)18-6-9(15)8-2-3-17-5-8;1-2-5-4-6(5)3-1/h8,11H,2-6H2,1H3,(H,12,14);1-4H/t8?,11-;/m1./s1. The van der Waals surface area contributed by atoms with E-state index in [1.165, 1.54) is 34.8 Å². The quantitative estimate of drug-likeness (QED) is 0.831. The van der Waals surface area contributed by atoms with Crippen molar-refractivity contribution in [2.45, 2.75) is 25.1 Å². The summed E-state index contributed by atoms with van der Waals surface area (Å²) >= 11 is 1.40. The number of rotatable bonds is 5. The van der Waals surface area contributed by atoms with Gasteiger partial charge in [0.2, 0.25) is 11.8 Å². The van der Waals surface area contributed by atoms with Gasteiger partial charge in [-0.15, -0.1) is 11.8 Å². The Labute approximate surface area is 144 Å². The Bertz CT molecular complexity index is 640. The van der Waals surface area contributed by atoms with E-state index in [2.05, 4.69) is 29.7 Å². The van der Waals surface area contributed by atoms with Crippen LogP contribution >= 0.6 is 11.8 Å². The molecular formula is C17H20N2O4S. The van der Waals surface area contributed by atoms with Crippen LogP contribution in [0, 0.1) is 5.92 Å². The van der Waals surface area contributed by atoms with E-state index in [-0.39, 0.29) is 28.9 Å². The monoisotopic (exact) mass is 348 g/mol. The molecule has 2 heterocycles. The third-order valence-corrected chi connectivity index (χ3v) is 5.31. The molecule has 7 heteroatoms. The molecule has 0 aromatic carbocycles. The molecule has 2 aliphatic carbocycles. The number of nitrogens with zero attached hydrogens (tertiary/aromatic N) is 1. The third kappa shape index (κ3) is 4.15. The average Bonchev–Trinajstić information content (AvgIpc) is 2.99. The van der Waals surface area contributed by atoms with E-state index in [1.807, 2.05) is 0 Å². The zero-order valence-electron chi connectivity index (χ0n) is 13.5. The van der Waals surface area contributed by atoms with Crippen LogP contribution in [0.25, 0.3) is 11.1 Å². The number of amides is 2. The Morgan fingerprint density at radius 2 is 2.12 bits per heavy atom. The highest BCUT2D eigenvalue weighted by Gasteiger charge is 2.38. The number of hydrogen-bond donors (Lipinski definition) is 1. The number of β-lactam (4-membered cyclic amide) rings is 1. The lowest BCUT2D eigenvalue weighted by atomic mass is 10.1. The molecule has 2 amide bonds. The first-order chi connectivity index (χ1) is 11.5. The molecule has 1 unspecified atom stereocenters. The number of ether oxygens (including phenoxy) is 1. The average molecular weight is 348 g/mol. The summed E-state index contributed by atoms with van der Waals surface area (Å²) in [6.07, 6.45) is 1.16. The van der Waals surface area contributed by atoms with Crippen LogP contribution in [0.4, 0.5) is 0 Å². The fourth-order valence-electron chi connectivity index (χ4n) is 2.58. The molecule has 1 N–H and O–H groups in total. The Morgan fingerprint density at radius 3 is 2.58 bits per heavy atom. The maximum atomic E-state index is 11.8. The number of carbonyl (C=O) groups excluding carboxylic acids is 3. The molecule has 2 aliphatic heterocycles. The minimum absolute atomic E-state index is 0.00231. The van der Waals surface area contributed by atoms with Crippen molar-refractivity contribution < 1.29 is 19.1 Å². The normalized spacial score (nSPS) is 23.0. The topological polar surface area (TPSA) is 75.7 Å². The largest absolute Gasteiger partial charge is 0.381 e. The van der Waals surface area contributed by atoms with Gasteiger partial charge in [-0.1, -0.05) is 18.2 Å². The Kier molecular flexibility index (Phi) is 5.20. The molecule has 24 heavy (non-hydrogen) atoms. The molecule has 0 radical (unpaired) electrons. The van der Waals surface area contributed by atoms with Gasteiger partial charge in [0.25, 0.3) is 0 Å². The predicted octanol–water partition coefficient (Wildman–Crippen LogP) is 1.60. The van der Waals surface area contributed by atoms with Crippen molar-refractivity contribution in [3.63, 3.8) is 0 Å². The second kappa shape index (κ2) is 7.36. The van der Waals surface area contributed by atoms with Crippen LogP contribution in [-0.2, 0) is 19.1 Å². The third-order valence-electron chi connectivity index (χ3n) is 4.10. The van der Waals surface area contributed by atoms with E-state index in [0.29, 0.717) is 25.4 Å². The van der Waals surface area contributed by atoms with Gasteiger partial charge in [0.05, 0.1) is 18.8 Å². The summed E-state index contributed by atoms with van der Waals surface area (Å²) in [5.74, 6) is 0.146. The number of nitrogens with one attached hydrogen (secondary N) is 1. The smallest absolute Gasteiger partial charge is 0.245 e. The first-order valence-corrected chi connectivity index (χ1v) is 9.01. The lowest BCUT2D eigenvalue weighted by Gasteiger charge is -2.39. The molecule has 2 fully saturated rings. The van der Waals surface area contributed by atoms with Gasteiger partial charge in [-0.25, -0.2) is 5.01 Å². The van der Waals surface area contributed by atoms with Crippen molar-refractivity contribution in [2.24, 2.45) is 5.92 Å². The number of Topliss-reactive ketones (excluding diaryl/α,β-unsaturated/α-hetero) is 1. The highest BCUT2D eigenvalue weighted by atomic mass is 32.2. The molecular weight excluding hydrogens is 328 g/mol. The first-order valence-electron chi connectivity index (χ1n) is 7.96. The highest BCUT2D eigenvalue weighted by molar-refractivity contribution is 8.00. The van der Waals surface area contributed by atoms with Crippen molar-refractivity contribution in [2.75, 3.05) is 19.0 Å². The molecule has 128 valence electrons. The van der Waals surface area contributed by atoms with E-state index < -0.39 is 0 Å².